The maximum absolute atomic E-state index is 12.3. The Labute approximate surface area is 149 Å². The predicted octanol–water partition coefficient (Wildman–Crippen LogP) is 5.11. The van der Waals surface area contributed by atoms with Gasteiger partial charge in [0.15, 0.2) is 0 Å². The molecular formula is C21H15NO2S. The molecule has 1 heterocycles. The number of thiazole rings is 1. The van der Waals surface area contributed by atoms with Crippen LogP contribution in [-0.4, -0.2) is 11.0 Å². The van der Waals surface area contributed by atoms with Gasteiger partial charge in [0.1, 0.15) is 10.8 Å². The molecule has 0 aliphatic rings. The Morgan fingerprint density at radius 2 is 1.68 bits per heavy atom. The number of hydrogen-bond donors (Lipinski definition) is 0. The molecule has 0 fully saturated rings. The normalized spacial score (nSPS) is 10.7. The molecule has 0 N–H and O–H groups in total. The van der Waals surface area contributed by atoms with Crippen molar-refractivity contribution in [1.29, 1.82) is 0 Å². The van der Waals surface area contributed by atoms with Crippen LogP contribution in [0.2, 0.25) is 0 Å². The van der Waals surface area contributed by atoms with Gasteiger partial charge in [0.2, 0.25) is 0 Å². The van der Waals surface area contributed by atoms with E-state index in [0.29, 0.717) is 5.75 Å². The summed E-state index contributed by atoms with van der Waals surface area (Å²) in [4.78, 5) is 16.9. The lowest BCUT2D eigenvalue weighted by atomic mass is 10.1. The van der Waals surface area contributed by atoms with Crippen molar-refractivity contribution in [2.24, 2.45) is 0 Å². The van der Waals surface area contributed by atoms with E-state index in [4.69, 9.17) is 4.74 Å². The minimum atomic E-state index is -0.304. The van der Waals surface area contributed by atoms with Gasteiger partial charge in [-0.25, -0.2) is 4.98 Å². The minimum absolute atomic E-state index is 0.159. The van der Waals surface area contributed by atoms with E-state index in [2.05, 4.69) is 4.98 Å². The fourth-order valence-corrected chi connectivity index (χ4v) is 3.52. The molecule has 0 radical (unpaired) electrons. The van der Waals surface area contributed by atoms with Crippen LogP contribution in [0.3, 0.4) is 0 Å². The largest absolute Gasteiger partial charge is 0.426 e. The van der Waals surface area contributed by atoms with Crippen LogP contribution < -0.4 is 4.74 Å². The first-order valence-electron chi connectivity index (χ1n) is 7.98. The Kier molecular flexibility index (Phi) is 4.27. The van der Waals surface area contributed by atoms with Crippen molar-refractivity contribution in [3.05, 3.63) is 83.9 Å². The van der Waals surface area contributed by atoms with Crippen LogP contribution in [0, 0.1) is 0 Å². The van der Waals surface area contributed by atoms with E-state index < -0.39 is 0 Å². The number of aromatic nitrogens is 1. The van der Waals surface area contributed by atoms with Gasteiger partial charge in [-0.1, -0.05) is 66.7 Å². The van der Waals surface area contributed by atoms with Gasteiger partial charge in [-0.05, 0) is 11.5 Å². The molecule has 0 amide bonds. The fourth-order valence-electron chi connectivity index (χ4n) is 2.69. The summed E-state index contributed by atoms with van der Waals surface area (Å²) in [5.74, 6) is 0.280. The lowest BCUT2D eigenvalue weighted by Gasteiger charge is -2.07. The van der Waals surface area contributed by atoms with Crippen molar-refractivity contribution < 1.29 is 9.53 Å². The van der Waals surface area contributed by atoms with E-state index in [1.54, 1.807) is 0 Å². The van der Waals surface area contributed by atoms with Gasteiger partial charge in [0, 0.05) is 16.3 Å². The number of carbonyl (C=O) groups is 1. The molecule has 122 valence electrons. The highest BCUT2D eigenvalue weighted by Gasteiger charge is 2.12. The zero-order valence-electron chi connectivity index (χ0n) is 13.4. The van der Waals surface area contributed by atoms with Crippen LogP contribution in [0.15, 0.2) is 78.2 Å². The van der Waals surface area contributed by atoms with E-state index in [0.717, 1.165) is 27.0 Å². The zero-order chi connectivity index (χ0) is 17.1. The summed E-state index contributed by atoms with van der Waals surface area (Å²) in [6.07, 6.45) is 0.159. The Hall–Kier alpha value is -2.98. The Bertz CT molecular complexity index is 1020. The first-order chi connectivity index (χ1) is 12.3. The predicted molar refractivity (Wildman–Crippen MR) is 101 cm³/mol. The highest BCUT2D eigenvalue weighted by Crippen LogP contribution is 2.26. The molecule has 4 heteroatoms. The van der Waals surface area contributed by atoms with E-state index in [1.165, 1.54) is 11.3 Å². The molecule has 1 aromatic heterocycles. The van der Waals surface area contributed by atoms with Gasteiger partial charge >= 0.3 is 5.97 Å². The third-order valence-corrected chi connectivity index (χ3v) is 4.81. The van der Waals surface area contributed by atoms with E-state index >= 15 is 0 Å². The number of nitrogens with zero attached hydrogens (tertiary/aromatic N) is 1. The zero-order valence-corrected chi connectivity index (χ0v) is 14.2. The smallest absolute Gasteiger partial charge is 0.317 e. The number of hydrogen-bond acceptors (Lipinski definition) is 4. The van der Waals surface area contributed by atoms with Gasteiger partial charge < -0.3 is 4.74 Å². The number of benzene rings is 3. The molecular weight excluding hydrogens is 330 g/mol. The number of carbonyl (C=O) groups excluding carboxylic acids is 1. The van der Waals surface area contributed by atoms with Gasteiger partial charge in [-0.3, -0.25) is 4.79 Å². The van der Waals surface area contributed by atoms with Gasteiger partial charge in [-0.15, -0.1) is 11.3 Å². The molecule has 3 aromatic carbocycles. The first-order valence-corrected chi connectivity index (χ1v) is 8.86. The number of rotatable bonds is 4. The molecule has 0 spiro atoms. The topological polar surface area (TPSA) is 39.2 Å². The van der Waals surface area contributed by atoms with Crippen molar-refractivity contribution in [3.63, 3.8) is 0 Å². The Morgan fingerprint density at radius 1 is 0.920 bits per heavy atom. The van der Waals surface area contributed by atoms with Gasteiger partial charge in [0.25, 0.3) is 0 Å². The highest BCUT2D eigenvalue weighted by atomic mass is 32.1. The van der Waals surface area contributed by atoms with Crippen LogP contribution in [0.4, 0.5) is 0 Å². The Morgan fingerprint density at radius 3 is 2.56 bits per heavy atom. The molecule has 4 aromatic rings. The quantitative estimate of drug-likeness (QED) is 0.381. The fraction of sp³-hybridized carbons (Fsp3) is 0.0476. The third kappa shape index (κ3) is 3.44. The second-order valence-electron chi connectivity index (χ2n) is 5.64. The second-order valence-corrected chi connectivity index (χ2v) is 6.50. The summed E-state index contributed by atoms with van der Waals surface area (Å²) < 4.78 is 5.57. The maximum atomic E-state index is 12.3. The van der Waals surface area contributed by atoms with Gasteiger partial charge in [-0.2, -0.15) is 0 Å². The summed E-state index contributed by atoms with van der Waals surface area (Å²) in [7, 11) is 0. The van der Waals surface area contributed by atoms with Gasteiger partial charge in [0.05, 0.1) is 12.1 Å². The van der Waals surface area contributed by atoms with Crippen LogP contribution in [-0.2, 0) is 11.2 Å². The van der Waals surface area contributed by atoms with E-state index in [9.17, 15) is 4.79 Å². The number of ether oxygens (including phenoxy) is 1. The summed E-state index contributed by atoms with van der Waals surface area (Å²) in [6.45, 7) is 0. The van der Waals surface area contributed by atoms with Crippen molar-refractivity contribution in [2.75, 3.05) is 0 Å². The van der Waals surface area contributed by atoms with Crippen LogP contribution in [0.25, 0.3) is 21.3 Å². The van der Waals surface area contributed by atoms with Crippen molar-refractivity contribution in [2.45, 2.75) is 6.42 Å². The minimum Gasteiger partial charge on any atom is -0.426 e. The summed E-state index contributed by atoms with van der Waals surface area (Å²) in [6, 6.07) is 23.5. The third-order valence-electron chi connectivity index (χ3n) is 3.87. The number of fused-ring (bicyclic) bond motifs is 1. The second kappa shape index (κ2) is 6.87. The van der Waals surface area contributed by atoms with Crippen molar-refractivity contribution in [1.82, 2.24) is 4.98 Å². The molecule has 3 nitrogen and oxygen atoms in total. The Balaban J connectivity index is 1.50. The maximum Gasteiger partial charge on any atom is 0.317 e. The molecule has 4 rings (SSSR count). The molecule has 0 aliphatic carbocycles. The van der Waals surface area contributed by atoms with E-state index in [-0.39, 0.29) is 12.4 Å². The standard InChI is InChI=1S/C21H15NO2S/c23-20(24-19-12-6-10-15-7-4-5-11-18(15)19)13-17-14-25-21(22-17)16-8-2-1-3-9-16/h1-12,14H,13H2. The van der Waals surface area contributed by atoms with Crippen LogP contribution in [0.5, 0.6) is 5.75 Å². The van der Waals surface area contributed by atoms with Crippen LogP contribution >= 0.6 is 11.3 Å². The molecule has 0 saturated carbocycles. The molecule has 0 bridgehead atoms. The molecule has 0 saturated heterocycles. The van der Waals surface area contributed by atoms with E-state index in [1.807, 2.05) is 78.2 Å². The monoisotopic (exact) mass is 345 g/mol. The van der Waals surface area contributed by atoms with Crippen LogP contribution in [0.1, 0.15) is 5.69 Å². The SMILES string of the molecule is O=C(Cc1csc(-c2ccccc2)n1)Oc1cccc2ccccc12. The molecule has 0 atom stereocenters. The number of esters is 1. The average Bonchev–Trinajstić information content (AvgIpc) is 3.11. The lowest BCUT2D eigenvalue weighted by molar-refractivity contribution is -0.133. The highest BCUT2D eigenvalue weighted by molar-refractivity contribution is 7.13. The van der Waals surface area contributed by atoms with Crippen molar-refractivity contribution >= 4 is 28.1 Å². The summed E-state index contributed by atoms with van der Waals surface area (Å²) in [5, 5.41) is 4.80. The molecule has 0 aliphatic heterocycles. The van der Waals surface area contributed by atoms with Crippen molar-refractivity contribution in [3.8, 4) is 16.3 Å². The lowest BCUT2D eigenvalue weighted by Crippen LogP contribution is -2.11. The molecule has 25 heavy (non-hydrogen) atoms. The summed E-state index contributed by atoms with van der Waals surface area (Å²) in [5.41, 5.74) is 1.79. The summed E-state index contributed by atoms with van der Waals surface area (Å²) >= 11 is 1.53. The average molecular weight is 345 g/mol. The first kappa shape index (κ1) is 15.5. The molecule has 0 unspecified atom stereocenters.